The molecular weight excluding hydrogens is 534 g/mol. The molecule has 0 saturated carbocycles. The maximum absolute atomic E-state index is 12.6. The van der Waals surface area contributed by atoms with Crippen LogP contribution in [0, 0.1) is 0 Å². The highest BCUT2D eigenvalue weighted by atomic mass is 35.5. The second-order valence-corrected chi connectivity index (χ2v) is 12.4. The highest BCUT2D eigenvalue weighted by Gasteiger charge is 2.28. The minimum atomic E-state index is -3.33. The molecule has 0 bridgehead atoms. The highest BCUT2D eigenvalue weighted by Crippen LogP contribution is 2.31. The lowest BCUT2D eigenvalue weighted by Crippen LogP contribution is -2.48. The van der Waals surface area contributed by atoms with E-state index in [2.05, 4.69) is 19.9 Å². The van der Waals surface area contributed by atoms with Crippen LogP contribution < -0.4 is 0 Å². The molecule has 5 rings (SSSR count). The van der Waals surface area contributed by atoms with Crippen molar-refractivity contribution in [1.82, 2.24) is 19.6 Å². The lowest BCUT2D eigenvalue weighted by atomic mass is 10.1. The number of aliphatic hydroxyl groups excluding tert-OH is 1. The van der Waals surface area contributed by atoms with Crippen LogP contribution in [0.1, 0.15) is 11.1 Å². The first-order valence-electron chi connectivity index (χ1n) is 11.8. The number of amides is 1. The second-order valence-electron chi connectivity index (χ2n) is 9.01. The molecule has 1 aromatic heterocycles. The average molecular weight is 560 g/mol. The first-order chi connectivity index (χ1) is 17.7. The molecule has 0 aliphatic carbocycles. The van der Waals surface area contributed by atoms with Crippen LogP contribution >= 0.6 is 23.4 Å². The maximum Gasteiger partial charge on any atom is 0.286 e. The van der Waals surface area contributed by atoms with E-state index in [4.69, 9.17) is 16.7 Å². The number of hydrogen-bond acceptors (Lipinski definition) is 8. The van der Waals surface area contributed by atoms with Gasteiger partial charge in [0.05, 0.1) is 34.7 Å². The van der Waals surface area contributed by atoms with Crippen LogP contribution in [0.3, 0.4) is 0 Å². The summed E-state index contributed by atoms with van der Waals surface area (Å²) in [6, 6.07) is 10.6. The van der Waals surface area contributed by atoms with Gasteiger partial charge in [0, 0.05) is 49.4 Å². The zero-order valence-electron chi connectivity index (χ0n) is 20.2. The van der Waals surface area contributed by atoms with Crippen LogP contribution in [-0.2, 0) is 21.2 Å². The van der Waals surface area contributed by atoms with Gasteiger partial charge in [0.1, 0.15) is 0 Å². The predicted molar refractivity (Wildman–Crippen MR) is 147 cm³/mol. The predicted octanol–water partition coefficient (Wildman–Crippen LogP) is 2.72. The largest absolute Gasteiger partial charge is 0.395 e. The van der Waals surface area contributed by atoms with E-state index in [1.807, 2.05) is 24.3 Å². The summed E-state index contributed by atoms with van der Waals surface area (Å²) < 4.78 is 25.4. The number of β-amino-alcohol motifs (C(OH)–C–C–N with tert-alkyl or cyclic N) is 1. The van der Waals surface area contributed by atoms with E-state index >= 15 is 0 Å². The van der Waals surface area contributed by atoms with Crippen LogP contribution in [-0.4, -0.2) is 89.8 Å². The van der Waals surface area contributed by atoms with Crippen molar-refractivity contribution in [2.75, 3.05) is 45.6 Å². The number of aromatic nitrogens is 2. The Bertz CT molecular complexity index is 1530. The van der Waals surface area contributed by atoms with Crippen molar-refractivity contribution >= 4 is 61.3 Å². The summed E-state index contributed by atoms with van der Waals surface area (Å²) in [6.07, 6.45) is 4.76. The number of benzene rings is 2. The summed E-state index contributed by atoms with van der Waals surface area (Å²) in [6.45, 7) is 4.43. The van der Waals surface area contributed by atoms with E-state index in [0.29, 0.717) is 23.0 Å². The minimum absolute atomic E-state index is 0.149. The third-order valence-corrected chi connectivity index (χ3v) is 8.91. The van der Waals surface area contributed by atoms with Crippen LogP contribution in [0.2, 0.25) is 5.02 Å². The number of thioether (sulfide) groups is 1. The van der Waals surface area contributed by atoms with Gasteiger partial charge in [0.25, 0.3) is 5.91 Å². The van der Waals surface area contributed by atoms with Crippen molar-refractivity contribution in [2.45, 2.75) is 11.4 Å². The van der Waals surface area contributed by atoms with Gasteiger partial charge in [-0.25, -0.2) is 8.42 Å². The molecule has 0 spiro atoms. The van der Waals surface area contributed by atoms with Gasteiger partial charge >= 0.3 is 0 Å². The molecule has 0 unspecified atom stereocenters. The number of carbonyl (C=O) groups excluding carboxylic acids is 1. The number of halogens is 1. The van der Waals surface area contributed by atoms with Crippen LogP contribution in [0.4, 0.5) is 0 Å². The molecular formula is C25H26ClN5O4S2. The summed E-state index contributed by atoms with van der Waals surface area (Å²) in [5, 5.41) is 15.6. The molecule has 1 N–H and O–H groups in total. The quantitative estimate of drug-likeness (QED) is 0.459. The smallest absolute Gasteiger partial charge is 0.286 e. The van der Waals surface area contributed by atoms with E-state index < -0.39 is 9.84 Å². The zero-order valence-corrected chi connectivity index (χ0v) is 22.6. The fourth-order valence-corrected chi connectivity index (χ4v) is 6.28. The first-order valence-corrected chi connectivity index (χ1v) is 14.8. The Kier molecular flexibility index (Phi) is 7.42. The van der Waals surface area contributed by atoms with Crippen molar-refractivity contribution in [1.29, 1.82) is 0 Å². The van der Waals surface area contributed by atoms with Gasteiger partial charge in [-0.1, -0.05) is 23.7 Å². The van der Waals surface area contributed by atoms with Gasteiger partial charge in [-0.2, -0.15) is 10.1 Å². The third kappa shape index (κ3) is 5.75. The fraction of sp³-hybridized carbons (Fsp3) is 0.320. The number of aliphatic imine (C=N–C) groups is 1. The summed E-state index contributed by atoms with van der Waals surface area (Å²) in [7, 11) is -3.33. The maximum atomic E-state index is 12.6. The van der Waals surface area contributed by atoms with E-state index in [-0.39, 0.29) is 17.4 Å². The summed E-state index contributed by atoms with van der Waals surface area (Å²) in [5.74, 6) is -0.235. The molecule has 3 aromatic rings. The van der Waals surface area contributed by atoms with Crippen molar-refractivity contribution in [3.8, 4) is 0 Å². The molecule has 0 atom stereocenters. The van der Waals surface area contributed by atoms with Crippen molar-refractivity contribution in [3.05, 3.63) is 63.6 Å². The molecule has 0 radical (unpaired) electrons. The summed E-state index contributed by atoms with van der Waals surface area (Å²) >= 11 is 7.75. The molecule has 1 fully saturated rings. The SMILES string of the molecule is CS(=O)(=O)c1ccc(Cn2ncc3cc(C=C4SC(N5CCN(CCO)CC5)=NC4=O)ccc32)c(Cl)c1. The van der Waals surface area contributed by atoms with E-state index in [9.17, 15) is 13.2 Å². The Hall–Kier alpha value is -2.70. The lowest BCUT2D eigenvalue weighted by molar-refractivity contribution is -0.113. The van der Waals surface area contributed by atoms with Gasteiger partial charge in [-0.05, 0) is 53.2 Å². The highest BCUT2D eigenvalue weighted by molar-refractivity contribution is 8.18. The molecule has 37 heavy (non-hydrogen) atoms. The molecule has 12 heteroatoms. The number of fused-ring (bicyclic) bond motifs is 1. The number of piperazine rings is 1. The van der Waals surface area contributed by atoms with Gasteiger partial charge in [-0.3, -0.25) is 14.4 Å². The van der Waals surface area contributed by atoms with Gasteiger partial charge in [-0.15, -0.1) is 0 Å². The van der Waals surface area contributed by atoms with Gasteiger partial charge < -0.3 is 10.0 Å². The molecule has 3 heterocycles. The Morgan fingerprint density at radius 2 is 1.92 bits per heavy atom. The minimum Gasteiger partial charge on any atom is -0.395 e. The number of rotatable bonds is 6. The van der Waals surface area contributed by atoms with Gasteiger partial charge in [0.2, 0.25) is 0 Å². The third-order valence-electron chi connectivity index (χ3n) is 6.40. The van der Waals surface area contributed by atoms with E-state index in [1.165, 1.54) is 17.8 Å². The van der Waals surface area contributed by atoms with Crippen LogP contribution in [0.25, 0.3) is 17.0 Å². The first kappa shape index (κ1) is 25.9. The van der Waals surface area contributed by atoms with E-state index in [1.54, 1.807) is 23.0 Å². The van der Waals surface area contributed by atoms with Crippen molar-refractivity contribution in [3.63, 3.8) is 0 Å². The Labute approximate surface area is 224 Å². The fourth-order valence-electron chi connectivity index (χ4n) is 4.36. The Morgan fingerprint density at radius 3 is 2.62 bits per heavy atom. The molecule has 1 saturated heterocycles. The number of sulfone groups is 1. The van der Waals surface area contributed by atoms with Crippen molar-refractivity contribution in [2.24, 2.45) is 4.99 Å². The van der Waals surface area contributed by atoms with Gasteiger partial charge in [0.15, 0.2) is 15.0 Å². The molecule has 2 aromatic carbocycles. The Morgan fingerprint density at radius 1 is 1.14 bits per heavy atom. The number of aliphatic hydroxyl groups is 1. The summed E-state index contributed by atoms with van der Waals surface area (Å²) in [4.78, 5) is 21.9. The average Bonchev–Trinajstić information content (AvgIpc) is 3.43. The van der Waals surface area contributed by atoms with E-state index in [0.717, 1.165) is 59.6 Å². The summed E-state index contributed by atoms with van der Waals surface area (Å²) in [5.41, 5.74) is 2.54. The standard InChI is InChI=1S/C25H26ClN5O4S2/c1-37(34,35)20-4-3-18(21(26)14-20)16-31-22-5-2-17(12-19(22)15-27-31)13-23-24(33)28-25(36-23)30-8-6-29(7-9-30)10-11-32/h2-5,12-15,32H,6-11,16H2,1H3. The number of nitrogens with zero attached hydrogens (tertiary/aromatic N) is 5. The van der Waals surface area contributed by atoms with Crippen molar-refractivity contribution < 1.29 is 18.3 Å². The molecule has 9 nitrogen and oxygen atoms in total. The number of carbonyl (C=O) groups is 1. The number of hydrogen-bond donors (Lipinski definition) is 1. The molecule has 194 valence electrons. The second kappa shape index (κ2) is 10.6. The van der Waals surface area contributed by atoms with Crippen LogP contribution in [0.15, 0.2) is 57.4 Å². The normalized spacial score (nSPS) is 18.2. The lowest BCUT2D eigenvalue weighted by Gasteiger charge is -2.34. The molecule has 2 aliphatic heterocycles. The Balaban J connectivity index is 1.29. The van der Waals surface area contributed by atoms with Crippen LogP contribution in [0.5, 0.6) is 0 Å². The number of amidine groups is 1. The monoisotopic (exact) mass is 559 g/mol. The zero-order chi connectivity index (χ0) is 26.2. The molecule has 1 amide bonds. The molecule has 2 aliphatic rings. The topological polar surface area (TPSA) is 108 Å².